The first-order chi connectivity index (χ1) is 11.7. The van der Waals surface area contributed by atoms with Gasteiger partial charge in [-0.2, -0.15) is 0 Å². The minimum Gasteiger partial charge on any atom is -0.342 e. The maximum atomic E-state index is 5.76. The number of thiocarbonyl (C=S) groups is 1. The second-order valence-corrected chi connectivity index (χ2v) is 7.06. The molecule has 2 nitrogen and oxygen atoms in total. The third-order valence-corrected chi connectivity index (χ3v) is 5.20. The Balaban J connectivity index is 1.72. The van der Waals surface area contributed by atoms with Crippen LogP contribution < -0.4 is 5.32 Å². The molecule has 0 amide bonds. The van der Waals surface area contributed by atoms with Crippen LogP contribution in [-0.2, 0) is 13.0 Å². The van der Waals surface area contributed by atoms with Crippen molar-refractivity contribution in [3.05, 3.63) is 65.7 Å². The van der Waals surface area contributed by atoms with Gasteiger partial charge in [0.15, 0.2) is 5.11 Å². The Morgan fingerprint density at radius 3 is 2.33 bits per heavy atom. The summed E-state index contributed by atoms with van der Waals surface area (Å²) in [5.41, 5.74) is 3.72. The van der Waals surface area contributed by atoms with E-state index in [0.717, 1.165) is 29.7 Å². The van der Waals surface area contributed by atoms with E-state index < -0.39 is 0 Å². The topological polar surface area (TPSA) is 15.3 Å². The van der Waals surface area contributed by atoms with E-state index in [2.05, 4.69) is 78.7 Å². The van der Waals surface area contributed by atoms with E-state index in [4.69, 9.17) is 12.2 Å². The van der Waals surface area contributed by atoms with E-state index in [1.165, 1.54) is 24.0 Å². The molecule has 0 aromatic heterocycles. The summed E-state index contributed by atoms with van der Waals surface area (Å²) in [7, 11) is 0. The van der Waals surface area contributed by atoms with Gasteiger partial charge in [0, 0.05) is 18.3 Å². The number of benzene rings is 2. The molecule has 2 aromatic rings. The number of hydrogen-bond donors (Lipinski definition) is 1. The molecule has 3 rings (SSSR count). The fourth-order valence-corrected chi connectivity index (χ4v) is 3.38. The average Bonchev–Trinajstić information content (AvgIpc) is 3.46. The standard InChI is InChI=1S/C21H26N2S/c1-3-17-9-13-20(14-10-17)22-21(24)23(16(2)19-11-12-19)15-18-7-5-4-6-8-18/h4-10,13-14,16,19H,3,11-12,15H2,1-2H3,(H,22,24)/t16-/m0/s1. The molecule has 1 N–H and O–H groups in total. The molecule has 0 aliphatic heterocycles. The smallest absolute Gasteiger partial charge is 0.173 e. The summed E-state index contributed by atoms with van der Waals surface area (Å²) in [6, 6.07) is 19.6. The van der Waals surface area contributed by atoms with Crippen LogP contribution >= 0.6 is 12.2 Å². The van der Waals surface area contributed by atoms with Crippen molar-refractivity contribution in [3.8, 4) is 0 Å². The lowest BCUT2D eigenvalue weighted by atomic mass is 10.1. The highest BCUT2D eigenvalue weighted by Crippen LogP contribution is 2.36. The second-order valence-electron chi connectivity index (χ2n) is 6.67. The summed E-state index contributed by atoms with van der Waals surface area (Å²) >= 11 is 5.76. The number of rotatable bonds is 6. The monoisotopic (exact) mass is 338 g/mol. The van der Waals surface area contributed by atoms with Crippen molar-refractivity contribution in [3.63, 3.8) is 0 Å². The van der Waals surface area contributed by atoms with E-state index in [1.807, 2.05) is 0 Å². The zero-order valence-corrected chi connectivity index (χ0v) is 15.4. The summed E-state index contributed by atoms with van der Waals surface area (Å²) in [6.07, 6.45) is 3.70. The van der Waals surface area contributed by atoms with Crippen LogP contribution in [0.4, 0.5) is 5.69 Å². The highest BCUT2D eigenvalue weighted by atomic mass is 32.1. The molecule has 24 heavy (non-hydrogen) atoms. The fraction of sp³-hybridized carbons (Fsp3) is 0.381. The first-order valence-electron chi connectivity index (χ1n) is 8.88. The van der Waals surface area contributed by atoms with Gasteiger partial charge >= 0.3 is 0 Å². The van der Waals surface area contributed by atoms with E-state index in [-0.39, 0.29) is 0 Å². The van der Waals surface area contributed by atoms with Crippen molar-refractivity contribution in [1.82, 2.24) is 4.90 Å². The van der Waals surface area contributed by atoms with Crippen molar-refractivity contribution in [2.45, 2.75) is 45.7 Å². The quantitative estimate of drug-likeness (QED) is 0.725. The Morgan fingerprint density at radius 2 is 1.75 bits per heavy atom. The van der Waals surface area contributed by atoms with Gasteiger partial charge in [-0.05, 0) is 67.6 Å². The predicted molar refractivity (Wildman–Crippen MR) is 106 cm³/mol. The molecule has 0 spiro atoms. The molecule has 0 saturated heterocycles. The molecule has 0 bridgehead atoms. The molecule has 3 heteroatoms. The van der Waals surface area contributed by atoms with E-state index in [1.54, 1.807) is 0 Å². The minimum atomic E-state index is 0.472. The molecule has 0 unspecified atom stereocenters. The first kappa shape index (κ1) is 17.0. The van der Waals surface area contributed by atoms with Crippen molar-refractivity contribution in [2.24, 2.45) is 5.92 Å². The van der Waals surface area contributed by atoms with E-state index in [9.17, 15) is 0 Å². The number of aryl methyl sites for hydroxylation is 1. The minimum absolute atomic E-state index is 0.472. The molecule has 0 heterocycles. The van der Waals surface area contributed by atoms with Gasteiger partial charge in [-0.3, -0.25) is 0 Å². The summed E-state index contributed by atoms with van der Waals surface area (Å²) < 4.78 is 0. The Morgan fingerprint density at radius 1 is 1.08 bits per heavy atom. The Bertz CT molecular complexity index is 662. The third-order valence-electron chi connectivity index (χ3n) is 4.87. The van der Waals surface area contributed by atoms with Gasteiger partial charge in [0.25, 0.3) is 0 Å². The highest BCUT2D eigenvalue weighted by molar-refractivity contribution is 7.80. The summed E-state index contributed by atoms with van der Waals surface area (Å²) in [5.74, 6) is 0.774. The molecule has 1 atom stereocenters. The van der Waals surface area contributed by atoms with Gasteiger partial charge in [0.2, 0.25) is 0 Å². The number of anilines is 1. The van der Waals surface area contributed by atoms with Gasteiger partial charge in [-0.25, -0.2) is 0 Å². The van der Waals surface area contributed by atoms with Crippen LogP contribution in [0.5, 0.6) is 0 Å². The van der Waals surface area contributed by atoms with Crippen molar-refractivity contribution in [1.29, 1.82) is 0 Å². The molecule has 1 aliphatic carbocycles. The van der Waals surface area contributed by atoms with Crippen molar-refractivity contribution < 1.29 is 0 Å². The van der Waals surface area contributed by atoms with Crippen LogP contribution in [0.2, 0.25) is 0 Å². The summed E-state index contributed by atoms with van der Waals surface area (Å²) in [5, 5.41) is 4.26. The molecular formula is C21H26N2S. The predicted octanol–water partition coefficient (Wildman–Crippen LogP) is 5.25. The van der Waals surface area contributed by atoms with Gasteiger partial charge in [-0.15, -0.1) is 0 Å². The molecule has 126 valence electrons. The van der Waals surface area contributed by atoms with Gasteiger partial charge < -0.3 is 10.2 Å². The number of nitrogens with one attached hydrogen (secondary N) is 1. The van der Waals surface area contributed by atoms with Gasteiger partial charge in [-0.1, -0.05) is 49.4 Å². The van der Waals surface area contributed by atoms with Crippen LogP contribution in [0.25, 0.3) is 0 Å². The van der Waals surface area contributed by atoms with E-state index >= 15 is 0 Å². The van der Waals surface area contributed by atoms with Crippen LogP contribution in [0.3, 0.4) is 0 Å². The van der Waals surface area contributed by atoms with Crippen LogP contribution in [-0.4, -0.2) is 16.1 Å². The molecule has 0 radical (unpaired) electrons. The van der Waals surface area contributed by atoms with Crippen molar-refractivity contribution in [2.75, 3.05) is 5.32 Å². The molecule has 2 aromatic carbocycles. The van der Waals surface area contributed by atoms with Crippen molar-refractivity contribution >= 4 is 23.0 Å². The lowest BCUT2D eigenvalue weighted by Gasteiger charge is -2.32. The number of hydrogen-bond acceptors (Lipinski definition) is 1. The van der Waals surface area contributed by atoms with Crippen LogP contribution in [0.1, 0.15) is 37.8 Å². The lowest BCUT2D eigenvalue weighted by molar-refractivity contribution is 0.298. The highest BCUT2D eigenvalue weighted by Gasteiger charge is 2.33. The third kappa shape index (κ3) is 4.35. The zero-order chi connectivity index (χ0) is 16.9. The summed E-state index contributed by atoms with van der Waals surface area (Å²) in [4.78, 5) is 2.34. The Hall–Kier alpha value is -1.87. The average molecular weight is 339 g/mol. The number of nitrogens with zero attached hydrogens (tertiary/aromatic N) is 1. The molecule has 1 aliphatic rings. The molecular weight excluding hydrogens is 312 g/mol. The van der Waals surface area contributed by atoms with Gasteiger partial charge in [0.1, 0.15) is 0 Å². The zero-order valence-electron chi connectivity index (χ0n) is 14.5. The van der Waals surface area contributed by atoms with Crippen LogP contribution in [0, 0.1) is 5.92 Å². The van der Waals surface area contributed by atoms with Gasteiger partial charge in [0.05, 0.1) is 0 Å². The van der Waals surface area contributed by atoms with Crippen LogP contribution in [0.15, 0.2) is 54.6 Å². The summed E-state index contributed by atoms with van der Waals surface area (Å²) in [6.45, 7) is 5.33. The largest absolute Gasteiger partial charge is 0.342 e. The Labute approximate surface area is 150 Å². The lowest BCUT2D eigenvalue weighted by Crippen LogP contribution is -2.41. The first-order valence-corrected chi connectivity index (χ1v) is 9.28. The van der Waals surface area contributed by atoms with E-state index in [0.29, 0.717) is 6.04 Å². The maximum Gasteiger partial charge on any atom is 0.173 e. The normalized spacial score (nSPS) is 14.9. The second kappa shape index (κ2) is 7.80. The fourth-order valence-electron chi connectivity index (χ4n) is 3.03. The molecule has 1 fully saturated rings. The Kier molecular flexibility index (Phi) is 5.52. The maximum absolute atomic E-state index is 5.76. The SMILES string of the molecule is CCc1ccc(NC(=S)N(Cc2ccccc2)[C@@H](C)C2CC2)cc1. The molecule has 1 saturated carbocycles.